The molecule has 0 unspecified atom stereocenters. The van der Waals surface area contributed by atoms with Crippen molar-refractivity contribution in [1.82, 2.24) is 0 Å². The second-order valence-electron chi connectivity index (χ2n) is 8.36. The topological polar surface area (TPSA) is 75.7 Å². The highest BCUT2D eigenvalue weighted by molar-refractivity contribution is 7.93. The van der Waals surface area contributed by atoms with E-state index >= 15 is 0 Å². The van der Waals surface area contributed by atoms with E-state index in [1.165, 1.54) is 7.11 Å². The Kier molecular flexibility index (Phi) is 7.12. The smallest absolute Gasteiger partial charge is 0.268 e. The largest absolute Gasteiger partial charge is 0.495 e. The molecule has 7 heteroatoms. The molecule has 0 aliphatic carbocycles. The van der Waals surface area contributed by atoms with Crippen LogP contribution >= 0.6 is 0 Å². The van der Waals surface area contributed by atoms with Crippen LogP contribution in [-0.2, 0) is 14.8 Å². The van der Waals surface area contributed by atoms with Crippen LogP contribution in [0.15, 0.2) is 59.5 Å². The summed E-state index contributed by atoms with van der Waals surface area (Å²) in [5.41, 5.74) is 5.76. The normalized spacial score (nSPS) is 11.2. The standard InChI is InChI=1S/C26H30N2O4S/c1-17-7-10-24(32-6)25(14-17)33(30,31)28(23-12-18(2)11-19(3)13-23)16-26(29)27-22-9-8-20(4)21(5)15-22/h7-15H,16H2,1-6H3,(H,27,29). The number of amides is 1. The predicted octanol–water partition coefficient (Wildman–Crippen LogP) is 5.07. The van der Waals surface area contributed by atoms with E-state index in [0.29, 0.717) is 11.4 Å². The number of nitrogens with zero attached hydrogens (tertiary/aromatic N) is 1. The quantitative estimate of drug-likeness (QED) is 0.527. The number of sulfonamides is 1. The van der Waals surface area contributed by atoms with Crippen LogP contribution in [-0.4, -0.2) is 28.0 Å². The molecule has 3 rings (SSSR count). The van der Waals surface area contributed by atoms with Crippen molar-refractivity contribution in [2.24, 2.45) is 0 Å². The molecule has 0 spiro atoms. The van der Waals surface area contributed by atoms with Gasteiger partial charge in [0.05, 0.1) is 12.8 Å². The van der Waals surface area contributed by atoms with Gasteiger partial charge < -0.3 is 10.1 Å². The van der Waals surface area contributed by atoms with Crippen LogP contribution in [0, 0.1) is 34.6 Å². The molecule has 6 nitrogen and oxygen atoms in total. The summed E-state index contributed by atoms with van der Waals surface area (Å²) in [6.45, 7) is 9.17. The van der Waals surface area contributed by atoms with E-state index in [1.807, 2.05) is 52.8 Å². The minimum Gasteiger partial charge on any atom is -0.495 e. The first-order valence-electron chi connectivity index (χ1n) is 10.6. The SMILES string of the molecule is COc1ccc(C)cc1S(=O)(=O)N(CC(=O)Nc1ccc(C)c(C)c1)c1cc(C)cc(C)c1. The molecule has 0 saturated carbocycles. The van der Waals surface area contributed by atoms with Crippen LogP contribution < -0.4 is 14.4 Å². The Hall–Kier alpha value is -3.32. The van der Waals surface area contributed by atoms with E-state index in [2.05, 4.69) is 5.32 Å². The number of carbonyl (C=O) groups excluding carboxylic acids is 1. The van der Waals surface area contributed by atoms with Crippen molar-refractivity contribution in [1.29, 1.82) is 0 Å². The second-order valence-corrected chi connectivity index (χ2v) is 10.2. The molecule has 1 amide bonds. The Bertz CT molecular complexity index is 1280. The Morgan fingerprint density at radius 1 is 0.848 bits per heavy atom. The van der Waals surface area contributed by atoms with E-state index in [1.54, 1.807) is 36.4 Å². The van der Waals surface area contributed by atoms with Crippen molar-refractivity contribution in [2.45, 2.75) is 39.5 Å². The minimum absolute atomic E-state index is 0.0168. The molecule has 0 aliphatic rings. The molecule has 33 heavy (non-hydrogen) atoms. The number of hydrogen-bond acceptors (Lipinski definition) is 4. The van der Waals surface area contributed by atoms with Crippen LogP contribution in [0.1, 0.15) is 27.8 Å². The van der Waals surface area contributed by atoms with Crippen LogP contribution in [0.25, 0.3) is 0 Å². The molecule has 0 atom stereocenters. The lowest BCUT2D eigenvalue weighted by Crippen LogP contribution is -2.38. The van der Waals surface area contributed by atoms with Crippen molar-refractivity contribution in [3.05, 3.63) is 82.4 Å². The number of rotatable bonds is 7. The fourth-order valence-corrected chi connectivity index (χ4v) is 5.31. The molecule has 1 N–H and O–H groups in total. The minimum atomic E-state index is -4.11. The van der Waals surface area contributed by atoms with Gasteiger partial charge in [-0.2, -0.15) is 0 Å². The van der Waals surface area contributed by atoms with Crippen LogP contribution in [0.3, 0.4) is 0 Å². The summed E-state index contributed by atoms with van der Waals surface area (Å²) in [6, 6.07) is 16.0. The molecule has 0 bridgehead atoms. The molecule has 3 aromatic rings. The molecule has 0 aromatic heterocycles. The third kappa shape index (κ3) is 5.54. The van der Waals surface area contributed by atoms with Gasteiger partial charge in [-0.15, -0.1) is 0 Å². The average Bonchev–Trinajstić information content (AvgIpc) is 2.73. The van der Waals surface area contributed by atoms with Gasteiger partial charge in [-0.25, -0.2) is 8.42 Å². The Morgan fingerprint density at radius 2 is 1.52 bits per heavy atom. The Balaban J connectivity index is 2.05. The van der Waals surface area contributed by atoms with Gasteiger partial charge in [0.15, 0.2) is 0 Å². The predicted molar refractivity (Wildman–Crippen MR) is 133 cm³/mol. The zero-order chi connectivity index (χ0) is 24.3. The maximum atomic E-state index is 13.8. The molecule has 0 fully saturated rings. The number of benzene rings is 3. The van der Waals surface area contributed by atoms with Gasteiger partial charge in [0.2, 0.25) is 5.91 Å². The van der Waals surface area contributed by atoms with Crippen molar-refractivity contribution in [3.8, 4) is 5.75 Å². The summed E-state index contributed by atoms with van der Waals surface area (Å²) in [7, 11) is -2.68. The van der Waals surface area contributed by atoms with Gasteiger partial charge in [0.1, 0.15) is 17.2 Å². The Morgan fingerprint density at radius 3 is 2.12 bits per heavy atom. The maximum absolute atomic E-state index is 13.8. The fraction of sp³-hybridized carbons (Fsp3) is 0.269. The number of anilines is 2. The first kappa shape index (κ1) is 24.3. The molecular formula is C26H30N2O4S. The van der Waals surface area contributed by atoms with Crippen molar-refractivity contribution in [3.63, 3.8) is 0 Å². The van der Waals surface area contributed by atoms with Crippen LogP contribution in [0.2, 0.25) is 0 Å². The van der Waals surface area contributed by atoms with E-state index in [-0.39, 0.29) is 17.2 Å². The number of ether oxygens (including phenoxy) is 1. The number of nitrogens with one attached hydrogen (secondary N) is 1. The van der Waals surface area contributed by atoms with Crippen molar-refractivity contribution in [2.75, 3.05) is 23.3 Å². The summed E-state index contributed by atoms with van der Waals surface area (Å²) in [6.07, 6.45) is 0. The van der Waals surface area contributed by atoms with Gasteiger partial charge >= 0.3 is 0 Å². The number of hydrogen-bond donors (Lipinski definition) is 1. The van der Waals surface area contributed by atoms with Crippen LogP contribution in [0.5, 0.6) is 5.75 Å². The molecular weight excluding hydrogens is 436 g/mol. The maximum Gasteiger partial charge on any atom is 0.268 e. The molecule has 0 aliphatic heterocycles. The number of carbonyl (C=O) groups is 1. The number of methoxy groups -OCH3 is 1. The lowest BCUT2D eigenvalue weighted by atomic mass is 10.1. The summed E-state index contributed by atoms with van der Waals surface area (Å²) in [4.78, 5) is 13.0. The van der Waals surface area contributed by atoms with Gasteiger partial charge in [-0.05, 0) is 98.8 Å². The highest BCUT2D eigenvalue weighted by atomic mass is 32.2. The average molecular weight is 467 g/mol. The van der Waals surface area contributed by atoms with E-state index in [9.17, 15) is 13.2 Å². The summed E-state index contributed by atoms with van der Waals surface area (Å²) in [5, 5.41) is 2.83. The molecule has 174 valence electrons. The molecule has 0 heterocycles. The van der Waals surface area contributed by atoms with Gasteiger partial charge in [-0.1, -0.05) is 18.2 Å². The molecule has 0 saturated heterocycles. The lowest BCUT2D eigenvalue weighted by Gasteiger charge is -2.26. The zero-order valence-corrected chi connectivity index (χ0v) is 20.7. The first-order valence-corrected chi connectivity index (χ1v) is 12.1. The fourth-order valence-electron chi connectivity index (χ4n) is 3.66. The molecule has 3 aromatic carbocycles. The highest BCUT2D eigenvalue weighted by Crippen LogP contribution is 2.32. The van der Waals surface area contributed by atoms with Crippen LogP contribution in [0.4, 0.5) is 11.4 Å². The van der Waals surface area contributed by atoms with Gasteiger partial charge in [-0.3, -0.25) is 9.10 Å². The first-order chi connectivity index (χ1) is 15.5. The van der Waals surface area contributed by atoms with E-state index in [4.69, 9.17) is 4.74 Å². The third-order valence-electron chi connectivity index (χ3n) is 5.46. The highest BCUT2D eigenvalue weighted by Gasteiger charge is 2.30. The summed E-state index contributed by atoms with van der Waals surface area (Å²) >= 11 is 0. The van der Waals surface area contributed by atoms with E-state index in [0.717, 1.165) is 32.1 Å². The zero-order valence-electron chi connectivity index (χ0n) is 19.9. The summed E-state index contributed by atoms with van der Waals surface area (Å²) < 4.78 is 34.2. The summed E-state index contributed by atoms with van der Waals surface area (Å²) in [5.74, 6) is -0.211. The Labute approximate surface area is 196 Å². The second kappa shape index (κ2) is 9.67. The lowest BCUT2D eigenvalue weighted by molar-refractivity contribution is -0.114. The monoisotopic (exact) mass is 466 g/mol. The third-order valence-corrected chi connectivity index (χ3v) is 7.25. The van der Waals surface area contributed by atoms with Crippen molar-refractivity contribution >= 4 is 27.3 Å². The molecule has 0 radical (unpaired) electrons. The number of aryl methyl sites for hydroxylation is 5. The van der Waals surface area contributed by atoms with Gasteiger partial charge in [0, 0.05) is 5.69 Å². The van der Waals surface area contributed by atoms with Crippen molar-refractivity contribution < 1.29 is 17.9 Å². The van der Waals surface area contributed by atoms with E-state index < -0.39 is 15.9 Å². The van der Waals surface area contributed by atoms with Gasteiger partial charge in [0.25, 0.3) is 10.0 Å².